The highest BCUT2D eigenvalue weighted by Crippen LogP contribution is 2.06. The number of carbonyl (C=O) groups is 2. The van der Waals surface area contributed by atoms with E-state index in [0.29, 0.717) is 6.54 Å². The molecule has 1 aromatic carbocycles. The minimum absolute atomic E-state index is 0.0915. The Morgan fingerprint density at radius 3 is 2.44 bits per heavy atom. The molecule has 0 aliphatic heterocycles. The molecule has 0 aliphatic carbocycles. The molecule has 1 amide bonds. The van der Waals surface area contributed by atoms with E-state index in [1.165, 1.54) is 12.0 Å². The summed E-state index contributed by atoms with van der Waals surface area (Å²) in [7, 11) is 1.29. The SMILES string of the molecule is COC(=O)CN(Cc1ccccc1)C(=O)[C@H](C)N. The van der Waals surface area contributed by atoms with E-state index >= 15 is 0 Å². The molecule has 1 atom stereocenters. The van der Waals surface area contributed by atoms with Crippen LogP contribution < -0.4 is 5.73 Å². The summed E-state index contributed by atoms with van der Waals surface area (Å²) in [5, 5.41) is 0. The average Bonchev–Trinajstić information content (AvgIpc) is 2.38. The Balaban J connectivity index is 2.77. The lowest BCUT2D eigenvalue weighted by Crippen LogP contribution is -2.44. The number of benzene rings is 1. The van der Waals surface area contributed by atoms with Gasteiger partial charge in [0.25, 0.3) is 0 Å². The number of esters is 1. The van der Waals surface area contributed by atoms with Crippen LogP contribution in [0.3, 0.4) is 0 Å². The number of nitrogens with two attached hydrogens (primary N) is 1. The summed E-state index contributed by atoms with van der Waals surface area (Å²) in [6.07, 6.45) is 0. The number of carbonyl (C=O) groups excluding carboxylic acids is 2. The van der Waals surface area contributed by atoms with Crippen molar-refractivity contribution >= 4 is 11.9 Å². The van der Waals surface area contributed by atoms with Crippen LogP contribution in [0, 0.1) is 0 Å². The van der Waals surface area contributed by atoms with Gasteiger partial charge in [0.05, 0.1) is 13.2 Å². The van der Waals surface area contributed by atoms with Crippen molar-refractivity contribution < 1.29 is 14.3 Å². The van der Waals surface area contributed by atoms with Crippen LogP contribution in [0.2, 0.25) is 0 Å². The molecule has 0 bridgehead atoms. The summed E-state index contributed by atoms with van der Waals surface area (Å²) in [5.74, 6) is -0.732. The molecule has 0 fully saturated rings. The van der Waals surface area contributed by atoms with Gasteiger partial charge in [-0.1, -0.05) is 30.3 Å². The van der Waals surface area contributed by atoms with Gasteiger partial charge in [-0.25, -0.2) is 0 Å². The summed E-state index contributed by atoms with van der Waals surface area (Å²) in [5.41, 5.74) is 6.50. The molecule has 1 aromatic rings. The highest BCUT2D eigenvalue weighted by atomic mass is 16.5. The lowest BCUT2D eigenvalue weighted by molar-refractivity contribution is -0.147. The van der Waals surface area contributed by atoms with E-state index in [9.17, 15) is 9.59 Å². The molecule has 98 valence electrons. The largest absolute Gasteiger partial charge is 0.468 e. The molecular formula is C13H18N2O3. The second-order valence-corrected chi connectivity index (χ2v) is 4.04. The minimum Gasteiger partial charge on any atom is -0.468 e. The Kier molecular flexibility index (Phi) is 5.32. The lowest BCUT2D eigenvalue weighted by Gasteiger charge is -2.23. The smallest absolute Gasteiger partial charge is 0.325 e. The number of rotatable bonds is 5. The molecule has 0 unspecified atom stereocenters. The van der Waals surface area contributed by atoms with Gasteiger partial charge in [0, 0.05) is 6.54 Å². The van der Waals surface area contributed by atoms with Crippen molar-refractivity contribution in [1.82, 2.24) is 4.90 Å². The first-order chi connectivity index (χ1) is 8.54. The summed E-state index contributed by atoms with van der Waals surface area (Å²) >= 11 is 0. The van der Waals surface area contributed by atoms with Crippen molar-refractivity contribution in [1.29, 1.82) is 0 Å². The van der Waals surface area contributed by atoms with Gasteiger partial charge < -0.3 is 15.4 Å². The fraction of sp³-hybridized carbons (Fsp3) is 0.385. The van der Waals surface area contributed by atoms with Crippen LogP contribution in [0.25, 0.3) is 0 Å². The highest BCUT2D eigenvalue weighted by molar-refractivity contribution is 5.85. The molecule has 0 spiro atoms. The third-order valence-electron chi connectivity index (χ3n) is 2.47. The maximum atomic E-state index is 11.9. The Bertz CT molecular complexity index is 404. The summed E-state index contributed by atoms with van der Waals surface area (Å²) in [4.78, 5) is 24.6. The average molecular weight is 250 g/mol. The molecule has 2 N–H and O–H groups in total. The zero-order valence-corrected chi connectivity index (χ0v) is 10.6. The minimum atomic E-state index is -0.640. The van der Waals surface area contributed by atoms with Crippen molar-refractivity contribution in [2.24, 2.45) is 5.73 Å². The standard InChI is InChI=1S/C13H18N2O3/c1-10(14)13(17)15(9-12(16)18-2)8-11-6-4-3-5-7-11/h3-7,10H,8-9,14H2,1-2H3/t10-/m0/s1. The normalized spacial score (nSPS) is 11.7. The monoisotopic (exact) mass is 250 g/mol. The molecule has 18 heavy (non-hydrogen) atoms. The van der Waals surface area contributed by atoms with E-state index in [-0.39, 0.29) is 12.5 Å². The fourth-order valence-corrected chi connectivity index (χ4v) is 1.52. The number of amides is 1. The van der Waals surface area contributed by atoms with Gasteiger partial charge in [0.2, 0.25) is 5.91 Å². The van der Waals surface area contributed by atoms with Crippen molar-refractivity contribution in [2.75, 3.05) is 13.7 Å². The van der Waals surface area contributed by atoms with E-state index in [2.05, 4.69) is 4.74 Å². The molecule has 0 radical (unpaired) electrons. The highest BCUT2D eigenvalue weighted by Gasteiger charge is 2.20. The molecule has 0 saturated carbocycles. The van der Waals surface area contributed by atoms with Gasteiger partial charge in [-0.3, -0.25) is 9.59 Å². The summed E-state index contributed by atoms with van der Waals surface area (Å²) in [6.45, 7) is 1.85. The van der Waals surface area contributed by atoms with Crippen molar-refractivity contribution in [3.05, 3.63) is 35.9 Å². The Morgan fingerprint density at radius 1 is 1.33 bits per heavy atom. The molecular weight excluding hydrogens is 232 g/mol. The molecule has 5 nitrogen and oxygen atoms in total. The molecule has 0 saturated heterocycles. The quantitative estimate of drug-likeness (QED) is 0.774. The van der Waals surface area contributed by atoms with Crippen LogP contribution in [-0.2, 0) is 20.9 Å². The van der Waals surface area contributed by atoms with Gasteiger partial charge in [-0.2, -0.15) is 0 Å². The fourth-order valence-electron chi connectivity index (χ4n) is 1.52. The Hall–Kier alpha value is -1.88. The van der Waals surface area contributed by atoms with Crippen LogP contribution in [0.5, 0.6) is 0 Å². The third kappa shape index (κ3) is 4.18. The molecule has 0 heterocycles. The van der Waals surface area contributed by atoms with E-state index in [0.717, 1.165) is 5.56 Å². The predicted molar refractivity (Wildman–Crippen MR) is 67.5 cm³/mol. The van der Waals surface area contributed by atoms with Gasteiger partial charge in [0.15, 0.2) is 0 Å². The topological polar surface area (TPSA) is 72.6 Å². The number of hydrogen-bond donors (Lipinski definition) is 1. The maximum absolute atomic E-state index is 11.9. The second kappa shape index (κ2) is 6.76. The van der Waals surface area contributed by atoms with E-state index in [4.69, 9.17) is 5.73 Å². The Morgan fingerprint density at radius 2 is 1.94 bits per heavy atom. The van der Waals surface area contributed by atoms with Gasteiger partial charge in [0.1, 0.15) is 6.54 Å². The number of methoxy groups -OCH3 is 1. The predicted octanol–water partition coefficient (Wildman–Crippen LogP) is 0.535. The number of hydrogen-bond acceptors (Lipinski definition) is 4. The molecule has 0 aromatic heterocycles. The van der Waals surface area contributed by atoms with Crippen molar-refractivity contribution in [2.45, 2.75) is 19.5 Å². The van der Waals surface area contributed by atoms with Crippen LogP contribution in [0.4, 0.5) is 0 Å². The van der Waals surface area contributed by atoms with Gasteiger partial charge in [-0.15, -0.1) is 0 Å². The first-order valence-electron chi connectivity index (χ1n) is 5.69. The third-order valence-corrected chi connectivity index (χ3v) is 2.47. The zero-order valence-electron chi connectivity index (χ0n) is 10.6. The van der Waals surface area contributed by atoms with Gasteiger partial charge in [-0.05, 0) is 12.5 Å². The van der Waals surface area contributed by atoms with Crippen LogP contribution in [-0.4, -0.2) is 36.5 Å². The number of ether oxygens (including phenoxy) is 1. The van der Waals surface area contributed by atoms with E-state index in [1.54, 1.807) is 6.92 Å². The number of nitrogens with zero attached hydrogens (tertiary/aromatic N) is 1. The molecule has 5 heteroatoms. The Labute approximate surface area is 107 Å². The first-order valence-corrected chi connectivity index (χ1v) is 5.69. The lowest BCUT2D eigenvalue weighted by atomic mass is 10.2. The van der Waals surface area contributed by atoms with Crippen molar-refractivity contribution in [3.8, 4) is 0 Å². The van der Waals surface area contributed by atoms with Crippen LogP contribution in [0.15, 0.2) is 30.3 Å². The summed E-state index contributed by atoms with van der Waals surface area (Å²) < 4.78 is 4.57. The van der Waals surface area contributed by atoms with Crippen molar-refractivity contribution in [3.63, 3.8) is 0 Å². The van der Waals surface area contributed by atoms with Crippen LogP contribution >= 0.6 is 0 Å². The zero-order chi connectivity index (χ0) is 13.5. The molecule has 1 rings (SSSR count). The van der Waals surface area contributed by atoms with Crippen LogP contribution in [0.1, 0.15) is 12.5 Å². The second-order valence-electron chi connectivity index (χ2n) is 4.04. The first kappa shape index (κ1) is 14.2. The van der Waals surface area contributed by atoms with Gasteiger partial charge >= 0.3 is 5.97 Å². The molecule has 0 aliphatic rings. The van der Waals surface area contributed by atoms with E-state index in [1.807, 2.05) is 30.3 Å². The maximum Gasteiger partial charge on any atom is 0.325 e. The van der Waals surface area contributed by atoms with E-state index < -0.39 is 12.0 Å². The summed E-state index contributed by atoms with van der Waals surface area (Å²) in [6, 6.07) is 8.78.